The van der Waals surface area contributed by atoms with Crippen molar-refractivity contribution in [1.82, 2.24) is 39.9 Å². The van der Waals surface area contributed by atoms with Crippen LogP contribution in [0.25, 0.3) is 89.7 Å². The topological polar surface area (TPSA) is 143 Å². The van der Waals surface area contributed by atoms with Crippen LogP contribution in [0.1, 0.15) is 0 Å². The van der Waals surface area contributed by atoms with Gasteiger partial charge in [0, 0.05) is 0 Å². The zero-order valence-corrected chi connectivity index (χ0v) is 25.2. The third-order valence-electron chi connectivity index (χ3n) is 7.52. The number of aromatic amines is 2. The molecule has 12 heteroatoms. The average molecular weight is 649 g/mol. The summed E-state index contributed by atoms with van der Waals surface area (Å²) < 4.78 is 17.8. The summed E-state index contributed by atoms with van der Waals surface area (Å²) in [6, 6.07) is 30.1. The van der Waals surface area contributed by atoms with Crippen molar-refractivity contribution in [2.75, 3.05) is 0 Å². The molecule has 0 amide bonds. The van der Waals surface area contributed by atoms with Crippen LogP contribution in [0.5, 0.6) is 0 Å². The summed E-state index contributed by atoms with van der Waals surface area (Å²) in [5.41, 5.74) is 6.30. The third kappa shape index (κ3) is 4.29. The summed E-state index contributed by atoms with van der Waals surface area (Å²) in [4.78, 5) is 36.8. The Kier molecular flexibility index (Phi) is 6.46. The summed E-state index contributed by atoms with van der Waals surface area (Å²) in [5, 5.41) is 3.70. The average Bonchev–Trinajstić information content (AvgIpc) is 3.77. The maximum absolute atomic E-state index is 8.50. The van der Waals surface area contributed by atoms with E-state index in [0.717, 1.165) is 48.3 Å². The molecule has 0 spiro atoms. The Morgan fingerprint density at radius 2 is 0.818 bits per heavy atom. The molecule has 2 N–H and O–H groups in total. The summed E-state index contributed by atoms with van der Waals surface area (Å²) in [7, 11) is 0. The minimum absolute atomic E-state index is 0.573. The SMILES string of the molecule is [Fe][c]1cccc2c3nc4nc(nc5[nH]c(nc6nc(nc([nH]3)c12)-c1ccccc1-6)c1ccccc51)-c1ccccc1-4.[O]=[Ti]=[O]. The molecule has 5 heterocycles. The first-order valence-electron chi connectivity index (χ1n) is 13.5. The Balaban J connectivity index is 0.000000928. The molecule has 4 aromatic carbocycles. The van der Waals surface area contributed by atoms with Gasteiger partial charge in [-0.1, -0.05) is 6.07 Å². The number of nitrogens with one attached hydrogen (secondary N) is 2. The summed E-state index contributed by atoms with van der Waals surface area (Å²) >= 11 is 2.29. The first-order valence-corrected chi connectivity index (χ1v) is 15.3. The van der Waals surface area contributed by atoms with E-state index in [-0.39, 0.29) is 0 Å². The number of nitrogens with zero attached hydrogens (tertiary/aromatic N) is 6. The van der Waals surface area contributed by atoms with Crippen molar-refractivity contribution in [3.8, 4) is 45.6 Å². The van der Waals surface area contributed by atoms with E-state index in [1.54, 1.807) is 0 Å². The van der Waals surface area contributed by atoms with E-state index in [1.807, 2.05) is 91.0 Å². The van der Waals surface area contributed by atoms with Crippen molar-refractivity contribution in [1.29, 1.82) is 0 Å². The molecule has 3 aromatic heterocycles. The van der Waals surface area contributed by atoms with Crippen molar-refractivity contribution in [2.24, 2.45) is 0 Å². The molecule has 0 fully saturated rings. The van der Waals surface area contributed by atoms with Gasteiger partial charge in [0.2, 0.25) is 0 Å². The normalized spacial score (nSPS) is 11.4. The third-order valence-corrected chi connectivity index (χ3v) is 7.98. The van der Waals surface area contributed by atoms with Crippen LogP contribution in [-0.2, 0) is 41.8 Å². The number of H-pyrrole nitrogens is 2. The van der Waals surface area contributed by atoms with E-state index in [1.165, 1.54) is 0 Å². The number of benzene rings is 4. The zero-order chi connectivity index (χ0) is 29.8. The van der Waals surface area contributed by atoms with Gasteiger partial charge in [0.05, 0.1) is 0 Å². The van der Waals surface area contributed by atoms with Crippen LogP contribution >= 0.6 is 0 Å². The molecule has 44 heavy (non-hydrogen) atoms. The van der Waals surface area contributed by atoms with Crippen LogP contribution in [0, 0.1) is 0 Å². The Morgan fingerprint density at radius 1 is 0.455 bits per heavy atom. The van der Waals surface area contributed by atoms with Crippen molar-refractivity contribution >= 4 is 48.6 Å². The van der Waals surface area contributed by atoms with Crippen molar-refractivity contribution in [3.63, 3.8) is 0 Å². The first-order chi connectivity index (χ1) is 21.6. The van der Waals surface area contributed by atoms with Gasteiger partial charge in [-0.25, -0.2) is 0 Å². The second-order valence-corrected chi connectivity index (χ2v) is 10.8. The number of hydrogen-bond acceptors (Lipinski definition) is 8. The fourth-order valence-electron chi connectivity index (χ4n) is 5.64. The Bertz CT molecular complexity index is 2520. The van der Waals surface area contributed by atoms with Gasteiger partial charge in [0.1, 0.15) is 0 Å². The van der Waals surface area contributed by atoms with Gasteiger partial charge in [-0.2, -0.15) is 0 Å². The first kappa shape index (κ1) is 26.7. The number of fused-ring (bicyclic) bond motifs is 20. The zero-order valence-electron chi connectivity index (χ0n) is 22.5. The minimum atomic E-state index is -2.00. The fourth-order valence-corrected chi connectivity index (χ4v) is 6.02. The van der Waals surface area contributed by atoms with Gasteiger partial charge in [-0.15, -0.1) is 0 Å². The molecule has 0 saturated carbocycles. The molecule has 0 aliphatic carbocycles. The van der Waals surface area contributed by atoms with E-state index < -0.39 is 19.1 Å². The van der Waals surface area contributed by atoms with Gasteiger partial charge < -0.3 is 0 Å². The van der Waals surface area contributed by atoms with Crippen LogP contribution in [0.3, 0.4) is 0 Å². The second kappa shape index (κ2) is 10.7. The molecule has 0 unspecified atom stereocenters. The number of hydrogen-bond donors (Lipinski definition) is 2. The van der Waals surface area contributed by atoms with Gasteiger partial charge in [0.25, 0.3) is 0 Å². The predicted octanol–water partition coefficient (Wildman–Crippen LogP) is 5.80. The molecule has 7 aromatic rings. The molecule has 8 bridgehead atoms. The van der Waals surface area contributed by atoms with Gasteiger partial charge in [-0.05, 0) is 0 Å². The van der Waals surface area contributed by atoms with E-state index in [4.69, 9.17) is 36.6 Å². The maximum atomic E-state index is 8.50. The van der Waals surface area contributed by atoms with Gasteiger partial charge >= 0.3 is 261 Å². The Labute approximate surface area is 265 Å². The Morgan fingerprint density at radius 3 is 1.30 bits per heavy atom. The van der Waals surface area contributed by atoms with Crippen LogP contribution in [0.15, 0.2) is 91.0 Å². The van der Waals surface area contributed by atoms with Gasteiger partial charge in [0.15, 0.2) is 0 Å². The van der Waals surface area contributed by atoms with E-state index in [0.29, 0.717) is 45.9 Å². The fraction of sp³-hybridized carbons (Fsp3) is 0. The molecule has 209 valence electrons. The number of rotatable bonds is 0. The van der Waals surface area contributed by atoms with E-state index in [2.05, 4.69) is 26.0 Å². The quantitative estimate of drug-likeness (QED) is 0.196. The van der Waals surface area contributed by atoms with Crippen LogP contribution in [0.4, 0.5) is 0 Å². The summed E-state index contributed by atoms with van der Waals surface area (Å²) in [6.45, 7) is 0. The van der Waals surface area contributed by atoms with Crippen LogP contribution in [-0.4, -0.2) is 39.9 Å². The Hall–Kier alpha value is -4.93. The van der Waals surface area contributed by atoms with Crippen molar-refractivity contribution in [2.45, 2.75) is 0 Å². The monoisotopic (exact) mass is 649 g/mol. The molecule has 0 atom stereocenters. The predicted molar refractivity (Wildman–Crippen MR) is 157 cm³/mol. The molecule has 2 aliphatic heterocycles. The molecular formula is C32H17FeN8O2Ti. The van der Waals surface area contributed by atoms with Crippen LogP contribution in [0.2, 0.25) is 0 Å². The van der Waals surface area contributed by atoms with E-state index in [9.17, 15) is 0 Å². The molecule has 10 nitrogen and oxygen atoms in total. The molecular weight excluding hydrogens is 632 g/mol. The van der Waals surface area contributed by atoms with E-state index >= 15 is 0 Å². The van der Waals surface area contributed by atoms with Crippen molar-refractivity contribution in [3.05, 3.63) is 91.0 Å². The summed E-state index contributed by atoms with van der Waals surface area (Å²) in [5.74, 6) is 2.32. The second-order valence-electron chi connectivity index (χ2n) is 9.98. The molecule has 0 radical (unpaired) electrons. The van der Waals surface area contributed by atoms with Crippen molar-refractivity contribution < 1.29 is 41.8 Å². The van der Waals surface area contributed by atoms with Gasteiger partial charge in [-0.3, -0.25) is 0 Å². The molecule has 2 aliphatic rings. The number of aromatic nitrogens is 8. The standard InChI is InChI=1S/C32H17N8.Fe.2O.Ti/c1-2-10-18-17(9-1)25-33-26(18)38-28-21-13-5-6-14-22(21)30(35-28)40-32-24-16-8-7-15-23(24)31(36-32)39-29-20-12-4-3-11-19(20)27(34-29)37-25;;;;/h1-15H,(H2,33,34,35,36,37,38,39,40);;;;. The molecule has 0 saturated heterocycles. The summed E-state index contributed by atoms with van der Waals surface area (Å²) in [6.07, 6.45) is 0. The molecule has 9 rings (SSSR count). The van der Waals surface area contributed by atoms with Crippen LogP contribution < -0.4 is 4.46 Å².